The Hall–Kier alpha value is -1.86. The summed E-state index contributed by atoms with van der Waals surface area (Å²) in [6, 6.07) is 10.8. The van der Waals surface area contributed by atoms with E-state index in [0.717, 1.165) is 12.0 Å². The van der Waals surface area contributed by atoms with E-state index in [4.69, 9.17) is 5.26 Å². The summed E-state index contributed by atoms with van der Waals surface area (Å²) in [7, 11) is 0. The molecular weight excluding hydrogens is 228 g/mol. The molecule has 0 spiro atoms. The van der Waals surface area contributed by atoms with Crippen LogP contribution in [0.15, 0.2) is 30.3 Å². The second-order valence-corrected chi connectivity index (χ2v) is 4.12. The molecule has 0 fully saturated rings. The van der Waals surface area contributed by atoms with Gasteiger partial charge in [0.2, 0.25) is 5.91 Å². The van der Waals surface area contributed by atoms with E-state index < -0.39 is 12.0 Å². The van der Waals surface area contributed by atoms with Gasteiger partial charge in [-0.3, -0.25) is 4.79 Å². The van der Waals surface area contributed by atoms with E-state index in [2.05, 4.69) is 5.32 Å². The number of carbonyl (C=O) groups excluding carboxylic acids is 1. The highest BCUT2D eigenvalue weighted by Gasteiger charge is 2.20. The quantitative estimate of drug-likeness (QED) is 0.803. The van der Waals surface area contributed by atoms with Crippen LogP contribution in [0.5, 0.6) is 0 Å². The first kappa shape index (κ1) is 14.2. The Labute approximate surface area is 107 Å². The minimum Gasteiger partial charge on any atom is -0.394 e. The van der Waals surface area contributed by atoms with E-state index in [9.17, 15) is 9.90 Å². The summed E-state index contributed by atoms with van der Waals surface area (Å²) in [5.74, 6) is -0.963. The van der Waals surface area contributed by atoms with Crippen LogP contribution < -0.4 is 5.32 Å². The van der Waals surface area contributed by atoms with Crippen LogP contribution in [0.25, 0.3) is 0 Å². The Balaban J connectivity index is 2.69. The monoisotopic (exact) mass is 246 g/mol. The summed E-state index contributed by atoms with van der Waals surface area (Å²) < 4.78 is 0. The molecule has 0 saturated heterocycles. The number of carbonyl (C=O) groups is 1. The number of aliphatic hydroxyl groups is 1. The van der Waals surface area contributed by atoms with E-state index >= 15 is 0 Å². The van der Waals surface area contributed by atoms with Crippen LogP contribution in [0.1, 0.15) is 31.4 Å². The Morgan fingerprint density at radius 3 is 2.61 bits per heavy atom. The predicted molar refractivity (Wildman–Crippen MR) is 68.4 cm³/mol. The predicted octanol–water partition coefficient (Wildman–Crippen LogP) is 1.78. The van der Waals surface area contributed by atoms with Crippen molar-refractivity contribution in [3.63, 3.8) is 0 Å². The molecule has 0 radical (unpaired) electrons. The molecule has 0 aliphatic heterocycles. The molecule has 4 heteroatoms. The van der Waals surface area contributed by atoms with Crippen molar-refractivity contribution in [2.75, 3.05) is 6.61 Å². The fourth-order valence-electron chi connectivity index (χ4n) is 1.73. The van der Waals surface area contributed by atoms with Crippen molar-refractivity contribution in [1.82, 2.24) is 5.32 Å². The van der Waals surface area contributed by atoms with Crippen molar-refractivity contribution in [3.8, 4) is 6.07 Å². The van der Waals surface area contributed by atoms with Crippen LogP contribution in [0, 0.1) is 17.2 Å². The lowest BCUT2D eigenvalue weighted by atomic mass is 10.0. The summed E-state index contributed by atoms with van der Waals surface area (Å²) in [4.78, 5) is 11.9. The highest BCUT2D eigenvalue weighted by molar-refractivity contribution is 5.81. The number of nitriles is 1. The minimum atomic E-state index is -0.646. The molecule has 1 unspecified atom stereocenters. The second kappa shape index (κ2) is 7.46. The number of rotatable bonds is 6. The highest BCUT2D eigenvalue weighted by Crippen LogP contribution is 2.13. The van der Waals surface area contributed by atoms with Crippen molar-refractivity contribution in [2.24, 2.45) is 5.92 Å². The van der Waals surface area contributed by atoms with Crippen LogP contribution in [0.2, 0.25) is 0 Å². The van der Waals surface area contributed by atoms with E-state index in [1.165, 1.54) is 0 Å². The number of amides is 1. The zero-order valence-electron chi connectivity index (χ0n) is 10.5. The van der Waals surface area contributed by atoms with Gasteiger partial charge in [0.15, 0.2) is 0 Å². The molecule has 0 bridgehead atoms. The molecule has 1 amide bonds. The van der Waals surface area contributed by atoms with Gasteiger partial charge in [-0.15, -0.1) is 0 Å². The lowest BCUT2D eigenvalue weighted by molar-refractivity contribution is -0.124. The van der Waals surface area contributed by atoms with Gasteiger partial charge in [-0.1, -0.05) is 43.7 Å². The van der Waals surface area contributed by atoms with E-state index in [1.54, 1.807) is 0 Å². The number of nitrogens with zero attached hydrogens (tertiary/aromatic N) is 1. The summed E-state index contributed by atoms with van der Waals surface area (Å²) in [6.07, 6.45) is 1.32. The maximum Gasteiger partial charge on any atom is 0.237 e. The molecule has 1 aromatic rings. The van der Waals surface area contributed by atoms with E-state index in [-0.39, 0.29) is 12.5 Å². The van der Waals surface area contributed by atoms with Crippen LogP contribution in [-0.2, 0) is 4.79 Å². The SMILES string of the molecule is CCCC(C#N)C(=O)N[C@@H](CO)c1ccccc1. The van der Waals surface area contributed by atoms with Crippen molar-refractivity contribution < 1.29 is 9.90 Å². The first-order valence-corrected chi connectivity index (χ1v) is 6.08. The first-order valence-electron chi connectivity index (χ1n) is 6.08. The van der Waals surface area contributed by atoms with Crippen LogP contribution >= 0.6 is 0 Å². The van der Waals surface area contributed by atoms with Crippen molar-refractivity contribution >= 4 is 5.91 Å². The maximum atomic E-state index is 11.9. The molecule has 0 aliphatic carbocycles. The number of benzene rings is 1. The molecule has 18 heavy (non-hydrogen) atoms. The normalized spacial score (nSPS) is 13.4. The van der Waals surface area contributed by atoms with Gasteiger partial charge in [-0.2, -0.15) is 5.26 Å². The molecule has 1 rings (SSSR count). The third kappa shape index (κ3) is 3.86. The molecule has 0 aliphatic rings. The summed E-state index contributed by atoms with van der Waals surface area (Å²) in [5.41, 5.74) is 0.835. The topological polar surface area (TPSA) is 73.1 Å². The molecule has 0 heterocycles. The van der Waals surface area contributed by atoms with E-state index in [0.29, 0.717) is 6.42 Å². The zero-order chi connectivity index (χ0) is 13.4. The number of nitrogens with one attached hydrogen (secondary N) is 1. The van der Waals surface area contributed by atoms with Crippen LogP contribution in [0.3, 0.4) is 0 Å². The second-order valence-electron chi connectivity index (χ2n) is 4.12. The van der Waals surface area contributed by atoms with Gasteiger partial charge >= 0.3 is 0 Å². The van der Waals surface area contributed by atoms with Gasteiger partial charge < -0.3 is 10.4 Å². The largest absolute Gasteiger partial charge is 0.394 e. The fourth-order valence-corrected chi connectivity index (χ4v) is 1.73. The number of hydrogen-bond acceptors (Lipinski definition) is 3. The van der Waals surface area contributed by atoms with Gasteiger partial charge in [0.05, 0.1) is 18.7 Å². The van der Waals surface area contributed by atoms with Gasteiger partial charge in [0.1, 0.15) is 5.92 Å². The smallest absolute Gasteiger partial charge is 0.237 e. The molecular formula is C14H18N2O2. The average Bonchev–Trinajstić information content (AvgIpc) is 2.42. The number of hydrogen-bond donors (Lipinski definition) is 2. The highest BCUT2D eigenvalue weighted by atomic mass is 16.3. The van der Waals surface area contributed by atoms with Crippen LogP contribution in [0.4, 0.5) is 0 Å². The molecule has 2 N–H and O–H groups in total. The third-order valence-electron chi connectivity index (χ3n) is 2.75. The van der Waals surface area contributed by atoms with Crippen molar-refractivity contribution in [3.05, 3.63) is 35.9 Å². The standard InChI is InChI=1S/C14H18N2O2/c1-2-6-12(9-15)14(18)16-13(10-17)11-7-4-3-5-8-11/h3-5,7-8,12-13,17H,2,6,10H2,1H3,(H,16,18)/t12?,13-/m0/s1. The molecule has 2 atom stereocenters. The first-order chi connectivity index (χ1) is 8.72. The van der Waals surface area contributed by atoms with E-state index in [1.807, 2.05) is 43.3 Å². The van der Waals surface area contributed by atoms with Crippen molar-refractivity contribution in [2.45, 2.75) is 25.8 Å². The van der Waals surface area contributed by atoms with Crippen molar-refractivity contribution in [1.29, 1.82) is 5.26 Å². The van der Waals surface area contributed by atoms with Gasteiger partial charge in [0.25, 0.3) is 0 Å². The average molecular weight is 246 g/mol. The maximum absolute atomic E-state index is 11.9. The number of aliphatic hydroxyl groups excluding tert-OH is 1. The zero-order valence-corrected chi connectivity index (χ0v) is 10.5. The molecule has 96 valence electrons. The third-order valence-corrected chi connectivity index (χ3v) is 2.75. The Bertz CT molecular complexity index is 412. The Kier molecular flexibility index (Phi) is 5.89. The molecule has 0 aromatic heterocycles. The van der Waals surface area contributed by atoms with Gasteiger partial charge in [0, 0.05) is 0 Å². The summed E-state index contributed by atoms with van der Waals surface area (Å²) >= 11 is 0. The Morgan fingerprint density at radius 2 is 2.11 bits per heavy atom. The summed E-state index contributed by atoms with van der Waals surface area (Å²) in [6.45, 7) is 1.75. The van der Waals surface area contributed by atoms with Gasteiger partial charge in [-0.25, -0.2) is 0 Å². The Morgan fingerprint density at radius 1 is 1.44 bits per heavy atom. The molecule has 1 aromatic carbocycles. The summed E-state index contributed by atoms with van der Waals surface area (Å²) in [5, 5.41) is 20.9. The molecule has 0 saturated carbocycles. The minimum absolute atomic E-state index is 0.181. The fraction of sp³-hybridized carbons (Fsp3) is 0.429. The lowest BCUT2D eigenvalue weighted by Crippen LogP contribution is -2.35. The lowest BCUT2D eigenvalue weighted by Gasteiger charge is -2.18. The van der Waals surface area contributed by atoms with Crippen LogP contribution in [-0.4, -0.2) is 17.6 Å². The van der Waals surface area contributed by atoms with Gasteiger partial charge in [-0.05, 0) is 12.0 Å². The molecule has 4 nitrogen and oxygen atoms in total.